The van der Waals surface area contributed by atoms with E-state index < -0.39 is 5.95 Å². The third-order valence-corrected chi connectivity index (χ3v) is 9.25. The Kier molecular flexibility index (Phi) is 12.4. The Hall–Kier alpha value is -4.26. The van der Waals surface area contributed by atoms with Gasteiger partial charge in [-0.15, -0.1) is 0 Å². The van der Waals surface area contributed by atoms with Crippen molar-refractivity contribution >= 4 is 107 Å². The zero-order valence-electron chi connectivity index (χ0n) is 28.3. The van der Waals surface area contributed by atoms with Gasteiger partial charge in [-0.1, -0.05) is 63.7 Å². The number of methoxy groups -OCH3 is 3. The fourth-order valence-electron chi connectivity index (χ4n) is 5.12. The highest BCUT2D eigenvalue weighted by Crippen LogP contribution is 2.33. The fraction of sp³-hybridized carbons (Fsp3) is 0.176. The molecular formula is C34H30Br4F2N8O4. The lowest BCUT2D eigenvalue weighted by Gasteiger charge is -2.01. The fourth-order valence-corrected chi connectivity index (χ4v) is 6.84. The highest BCUT2D eigenvalue weighted by atomic mass is 79.9. The molecule has 0 fully saturated rings. The first kappa shape index (κ1) is 39.0. The van der Waals surface area contributed by atoms with Crippen molar-refractivity contribution in [3.63, 3.8) is 0 Å². The molecule has 18 heteroatoms. The molecule has 4 heterocycles. The second-order valence-electron chi connectivity index (χ2n) is 10.9. The Labute approximate surface area is 329 Å². The Morgan fingerprint density at radius 1 is 0.615 bits per heavy atom. The van der Waals surface area contributed by atoms with Gasteiger partial charge in [0.15, 0.2) is 0 Å². The molecule has 52 heavy (non-hydrogen) atoms. The van der Waals surface area contributed by atoms with Crippen molar-refractivity contribution in [3.8, 4) is 23.0 Å². The summed E-state index contributed by atoms with van der Waals surface area (Å²) in [6.07, 6.45) is 3.70. The van der Waals surface area contributed by atoms with Gasteiger partial charge in [-0.05, 0) is 48.5 Å². The van der Waals surface area contributed by atoms with Crippen LogP contribution in [0.4, 0.5) is 8.78 Å². The topological polar surface area (TPSA) is 130 Å². The first-order valence-electron chi connectivity index (χ1n) is 14.9. The summed E-state index contributed by atoms with van der Waals surface area (Å²) in [5.41, 5.74) is 2.93. The number of halogens is 6. The highest BCUT2D eigenvalue weighted by molar-refractivity contribution is 9.11. The van der Waals surface area contributed by atoms with Crippen LogP contribution in [-0.4, -0.2) is 66.0 Å². The van der Waals surface area contributed by atoms with E-state index in [0.717, 1.165) is 51.4 Å². The number of ether oxygens (including phenoxy) is 3. The maximum absolute atomic E-state index is 13.5. The van der Waals surface area contributed by atoms with Gasteiger partial charge in [0, 0.05) is 45.2 Å². The van der Waals surface area contributed by atoms with Crippen LogP contribution in [0.15, 0.2) is 78.8 Å². The van der Waals surface area contributed by atoms with E-state index in [4.69, 9.17) is 14.2 Å². The summed E-state index contributed by atoms with van der Waals surface area (Å²) in [6.45, 7) is 0. The monoisotopic (exact) mass is 968 g/mol. The van der Waals surface area contributed by atoms with Crippen LogP contribution in [0, 0.1) is 11.9 Å². The quantitative estimate of drug-likeness (QED) is 0.179. The van der Waals surface area contributed by atoms with Gasteiger partial charge in [0.05, 0.1) is 60.1 Å². The van der Waals surface area contributed by atoms with Gasteiger partial charge >= 0.3 is 0 Å². The summed E-state index contributed by atoms with van der Waals surface area (Å²) < 4.78 is 49.8. The second kappa shape index (κ2) is 16.6. The van der Waals surface area contributed by atoms with Crippen molar-refractivity contribution in [3.05, 3.63) is 90.7 Å². The summed E-state index contributed by atoms with van der Waals surface area (Å²) >= 11 is 13.3. The van der Waals surface area contributed by atoms with E-state index in [2.05, 4.69) is 89.2 Å². The first-order chi connectivity index (χ1) is 24.7. The van der Waals surface area contributed by atoms with Crippen LogP contribution in [0.3, 0.4) is 0 Å². The average molecular weight is 972 g/mol. The molecule has 4 aromatic heterocycles. The van der Waals surface area contributed by atoms with Crippen LogP contribution < -0.4 is 14.2 Å². The van der Waals surface area contributed by atoms with Crippen LogP contribution in [0.25, 0.3) is 43.6 Å². The molecule has 0 aliphatic carbocycles. The van der Waals surface area contributed by atoms with Crippen molar-refractivity contribution in [2.45, 2.75) is 0 Å². The number of phenols is 1. The molecular weight excluding hydrogens is 942 g/mol. The van der Waals surface area contributed by atoms with Crippen molar-refractivity contribution in [1.29, 1.82) is 0 Å². The summed E-state index contributed by atoms with van der Waals surface area (Å²) in [5.74, 6) is 1.14. The number of phenolic OH excluding ortho intramolecular Hbond substituents is 1. The Bertz CT molecular complexity index is 2530. The molecule has 4 aromatic carbocycles. The van der Waals surface area contributed by atoms with E-state index in [9.17, 15) is 13.9 Å². The predicted octanol–water partition coefficient (Wildman–Crippen LogP) is 9.34. The highest BCUT2D eigenvalue weighted by Gasteiger charge is 2.15. The SMILES string of the molecule is COc1cc(Br)cc2[nH]ncc12.COc1cc(Br)cc2nn(C)c(F)c12.COc1cc(Br)cc2nn(C)cc12.Cn1nc2cc(Br)cc(O)c2c1F. The van der Waals surface area contributed by atoms with E-state index in [1.54, 1.807) is 50.3 Å². The number of aromatic amines is 1. The molecule has 8 rings (SSSR count). The van der Waals surface area contributed by atoms with Crippen LogP contribution in [-0.2, 0) is 21.1 Å². The van der Waals surface area contributed by atoms with Crippen molar-refractivity contribution in [2.24, 2.45) is 21.1 Å². The minimum Gasteiger partial charge on any atom is -0.507 e. The molecule has 0 aliphatic rings. The number of aromatic nitrogens is 8. The standard InChI is InChI=1S/C9H8BrFN2O.C9H9BrN2O.C8H6BrFN2O.C8H7BrN2O/c1-13-9(11)8-6(12-13)3-5(10)4-7(8)14-2;1-12-5-7-8(11-12)3-6(10)4-9(7)13-2;1-12-8(10)7-5(11-12)2-4(9)3-6(7)13;1-12-8-3-5(9)2-7-6(8)4-10-11-7/h3-4H,1-2H3;3-5H,1-2H3;2-3,13H,1H3;2-4H,1H3,(H,10,11). The molecule has 0 radical (unpaired) electrons. The minimum absolute atomic E-state index is 0.102. The number of nitrogens with zero attached hydrogens (tertiary/aromatic N) is 7. The van der Waals surface area contributed by atoms with Crippen molar-refractivity contribution < 1.29 is 28.1 Å². The van der Waals surface area contributed by atoms with E-state index in [-0.39, 0.29) is 17.1 Å². The molecule has 0 bridgehead atoms. The molecule has 12 nitrogen and oxygen atoms in total. The first-order valence-corrected chi connectivity index (χ1v) is 18.1. The molecule has 0 unspecified atom stereocenters. The number of nitrogens with one attached hydrogen (secondary N) is 1. The number of hydrogen-bond donors (Lipinski definition) is 2. The molecule has 0 saturated carbocycles. The Morgan fingerprint density at radius 3 is 1.69 bits per heavy atom. The Balaban J connectivity index is 0.000000134. The van der Waals surface area contributed by atoms with Gasteiger partial charge in [0.25, 0.3) is 0 Å². The average Bonchev–Trinajstić information content (AvgIpc) is 3.85. The number of H-pyrrole nitrogens is 1. The number of hydrogen-bond acceptors (Lipinski definition) is 8. The zero-order valence-corrected chi connectivity index (χ0v) is 34.7. The normalized spacial score (nSPS) is 10.8. The minimum atomic E-state index is -0.528. The number of benzene rings is 4. The van der Waals surface area contributed by atoms with Crippen LogP contribution in [0.5, 0.6) is 23.0 Å². The van der Waals surface area contributed by atoms with E-state index >= 15 is 0 Å². The predicted molar refractivity (Wildman–Crippen MR) is 210 cm³/mol. The molecule has 0 spiro atoms. The lowest BCUT2D eigenvalue weighted by molar-refractivity contribution is 0.416. The molecule has 8 aromatic rings. The van der Waals surface area contributed by atoms with Crippen LogP contribution in [0.1, 0.15) is 0 Å². The van der Waals surface area contributed by atoms with E-state index in [1.807, 2.05) is 37.5 Å². The van der Waals surface area contributed by atoms with Gasteiger partial charge < -0.3 is 19.3 Å². The maximum Gasteiger partial charge on any atom is 0.222 e. The molecule has 0 saturated heterocycles. The summed E-state index contributed by atoms with van der Waals surface area (Å²) in [7, 11) is 9.76. The van der Waals surface area contributed by atoms with E-state index in [1.165, 1.54) is 24.9 Å². The van der Waals surface area contributed by atoms with Crippen LogP contribution in [0.2, 0.25) is 0 Å². The second-order valence-corrected chi connectivity index (χ2v) is 14.6. The largest absolute Gasteiger partial charge is 0.507 e. The lowest BCUT2D eigenvalue weighted by atomic mass is 10.2. The number of rotatable bonds is 3. The molecule has 272 valence electrons. The van der Waals surface area contributed by atoms with Crippen LogP contribution >= 0.6 is 63.7 Å². The maximum atomic E-state index is 13.5. The van der Waals surface area contributed by atoms with E-state index in [0.29, 0.717) is 26.6 Å². The summed E-state index contributed by atoms with van der Waals surface area (Å²) in [4.78, 5) is 0. The lowest BCUT2D eigenvalue weighted by Crippen LogP contribution is -1.93. The third-order valence-electron chi connectivity index (χ3n) is 7.42. The van der Waals surface area contributed by atoms with Gasteiger partial charge in [0.1, 0.15) is 34.0 Å². The van der Waals surface area contributed by atoms with Gasteiger partial charge in [-0.2, -0.15) is 29.2 Å². The molecule has 0 amide bonds. The van der Waals surface area contributed by atoms with Gasteiger partial charge in [0.2, 0.25) is 11.9 Å². The van der Waals surface area contributed by atoms with Crippen molar-refractivity contribution in [1.82, 2.24) is 39.5 Å². The zero-order chi connectivity index (χ0) is 37.9. The third kappa shape index (κ3) is 8.51. The molecule has 0 atom stereocenters. The summed E-state index contributed by atoms with van der Waals surface area (Å²) in [6, 6.07) is 14.3. The summed E-state index contributed by atoms with van der Waals surface area (Å²) in [5, 5.41) is 31.0. The molecule has 0 aliphatic heterocycles. The van der Waals surface area contributed by atoms with Gasteiger partial charge in [-0.3, -0.25) is 9.78 Å². The number of aromatic hydroxyl groups is 1. The molecule has 2 N–H and O–H groups in total. The van der Waals surface area contributed by atoms with Crippen molar-refractivity contribution in [2.75, 3.05) is 21.3 Å². The smallest absolute Gasteiger partial charge is 0.222 e. The van der Waals surface area contributed by atoms with Gasteiger partial charge in [-0.25, -0.2) is 9.36 Å². The number of aryl methyl sites for hydroxylation is 3. The Morgan fingerprint density at radius 2 is 1.10 bits per heavy atom. The number of fused-ring (bicyclic) bond motifs is 4.